The lowest BCUT2D eigenvalue weighted by atomic mass is 10.3. The molecule has 0 saturated heterocycles. The second-order valence-corrected chi connectivity index (χ2v) is 4.93. The van der Waals surface area contributed by atoms with Crippen molar-refractivity contribution in [3.63, 3.8) is 0 Å². The molecule has 1 heterocycles. The highest BCUT2D eigenvalue weighted by Gasteiger charge is 2.06. The van der Waals surface area contributed by atoms with Crippen LogP contribution in [0.3, 0.4) is 0 Å². The highest BCUT2D eigenvalue weighted by atomic mass is 32.1. The average molecular weight is 291 g/mol. The first-order valence-corrected chi connectivity index (χ1v) is 6.91. The van der Waals surface area contributed by atoms with E-state index in [1.54, 1.807) is 31.2 Å². The van der Waals surface area contributed by atoms with Crippen molar-refractivity contribution in [1.82, 2.24) is 4.57 Å². The summed E-state index contributed by atoms with van der Waals surface area (Å²) in [5.74, 6) is -0.488. The van der Waals surface area contributed by atoms with Gasteiger partial charge in [-0.25, -0.2) is 4.79 Å². The normalized spacial score (nSPS) is 11.1. The van der Waals surface area contributed by atoms with Crippen molar-refractivity contribution in [1.29, 1.82) is 0 Å². The van der Waals surface area contributed by atoms with Crippen LogP contribution < -0.4 is 10.4 Å². The number of ether oxygens (including phenoxy) is 1. The first-order chi connectivity index (χ1) is 9.63. The predicted molar refractivity (Wildman–Crippen MR) is 78.1 cm³/mol. The first kappa shape index (κ1) is 14.2. The molecule has 2 rings (SSSR count). The van der Waals surface area contributed by atoms with Gasteiger partial charge in [0.25, 0.3) is 5.56 Å². The van der Waals surface area contributed by atoms with E-state index in [0.717, 1.165) is 15.9 Å². The van der Waals surface area contributed by atoms with Gasteiger partial charge in [-0.15, -0.1) is 0 Å². The van der Waals surface area contributed by atoms with Gasteiger partial charge < -0.3 is 4.74 Å². The molecule has 0 N–H and O–H groups in total. The van der Waals surface area contributed by atoms with Gasteiger partial charge in [-0.2, -0.15) is 0 Å². The summed E-state index contributed by atoms with van der Waals surface area (Å²) in [4.78, 5) is 34.9. The number of carbonyl (C=O) groups is 1. The molecule has 0 aliphatic heterocycles. The van der Waals surface area contributed by atoms with Crippen LogP contribution in [0.1, 0.15) is 6.92 Å². The molecule has 1 aromatic carbocycles. The molecule has 6 heteroatoms. The summed E-state index contributed by atoms with van der Waals surface area (Å²) < 4.78 is 6.48. The third kappa shape index (κ3) is 3.03. The molecule has 0 radical (unpaired) electrons. The third-order valence-corrected chi connectivity index (χ3v) is 3.58. The highest BCUT2D eigenvalue weighted by Crippen LogP contribution is 2.10. The molecule has 0 amide bonds. The summed E-state index contributed by atoms with van der Waals surface area (Å²) in [5, 5.41) is 0.502. The number of hydrogen-bond donors (Lipinski definition) is 0. The summed E-state index contributed by atoms with van der Waals surface area (Å²) in [5.41, 5.74) is -0.349. The average Bonchev–Trinajstić information content (AvgIpc) is 2.43. The number of nitrogens with zero attached hydrogens (tertiary/aromatic N) is 1. The Bertz CT molecular complexity index is 773. The molecule has 0 saturated carbocycles. The second-order valence-electron chi connectivity index (χ2n) is 3.93. The summed E-state index contributed by atoms with van der Waals surface area (Å²) in [6, 6.07) is 6.95. The summed E-state index contributed by atoms with van der Waals surface area (Å²) in [6.45, 7) is 2.04. The van der Waals surface area contributed by atoms with Crippen molar-refractivity contribution in [3.8, 4) is 0 Å². The van der Waals surface area contributed by atoms with Crippen molar-refractivity contribution in [2.75, 3.05) is 6.61 Å². The van der Waals surface area contributed by atoms with E-state index in [2.05, 4.69) is 0 Å². The van der Waals surface area contributed by atoms with Gasteiger partial charge in [-0.1, -0.05) is 29.5 Å². The number of allylic oxidation sites excluding steroid dienone is 1. The Morgan fingerprint density at radius 2 is 2.10 bits per heavy atom. The highest BCUT2D eigenvalue weighted by molar-refractivity contribution is 7.16. The van der Waals surface area contributed by atoms with Crippen molar-refractivity contribution < 1.29 is 9.53 Å². The molecular formula is C14H13NO4S. The van der Waals surface area contributed by atoms with Crippen LogP contribution in [0.4, 0.5) is 0 Å². The van der Waals surface area contributed by atoms with Crippen molar-refractivity contribution in [2.24, 2.45) is 0 Å². The van der Waals surface area contributed by atoms with Crippen LogP contribution in [0.25, 0.3) is 10.1 Å². The third-order valence-electron chi connectivity index (χ3n) is 2.61. The Labute approximate surface area is 118 Å². The standard InChI is InChI=1S/C14H13NO4S/c1-2-19-12(16)8-5-9-15-13(17)10-6-3-4-7-11(10)20-14(15)18/h3-8H,2,9H2,1H3/b8-5+. The van der Waals surface area contributed by atoms with Crippen molar-refractivity contribution in [3.05, 3.63) is 56.4 Å². The number of hydrogen-bond acceptors (Lipinski definition) is 5. The number of carbonyl (C=O) groups excluding carboxylic acids is 1. The number of benzene rings is 1. The molecule has 0 aliphatic rings. The first-order valence-electron chi connectivity index (χ1n) is 6.09. The van der Waals surface area contributed by atoms with Gasteiger partial charge in [-0.05, 0) is 19.1 Å². The molecule has 0 spiro atoms. The Balaban J connectivity index is 2.33. The molecule has 5 nitrogen and oxygen atoms in total. The SMILES string of the molecule is CCOC(=O)/C=C/Cn1c(=O)sc2ccccc2c1=O. The molecule has 1 aromatic heterocycles. The Morgan fingerprint density at radius 1 is 1.35 bits per heavy atom. The number of fused-ring (bicyclic) bond motifs is 1. The number of esters is 1. The summed E-state index contributed by atoms with van der Waals surface area (Å²) >= 11 is 1.01. The van der Waals surface area contributed by atoms with Crippen LogP contribution in [0.5, 0.6) is 0 Å². The maximum atomic E-state index is 12.2. The van der Waals surface area contributed by atoms with Gasteiger partial charge in [0.1, 0.15) is 0 Å². The van der Waals surface area contributed by atoms with Gasteiger partial charge in [0.05, 0.1) is 12.0 Å². The Morgan fingerprint density at radius 3 is 2.85 bits per heavy atom. The van der Waals surface area contributed by atoms with Crippen LogP contribution in [0.2, 0.25) is 0 Å². The van der Waals surface area contributed by atoms with E-state index in [1.807, 2.05) is 0 Å². The Hall–Kier alpha value is -2.21. The van der Waals surface area contributed by atoms with Crippen LogP contribution in [-0.2, 0) is 16.1 Å². The minimum atomic E-state index is -0.488. The fourth-order valence-corrected chi connectivity index (χ4v) is 2.58. The van der Waals surface area contributed by atoms with Gasteiger partial charge in [0, 0.05) is 17.3 Å². The number of aromatic nitrogens is 1. The monoisotopic (exact) mass is 291 g/mol. The van der Waals surface area contributed by atoms with Gasteiger partial charge >= 0.3 is 10.8 Å². The molecule has 2 aromatic rings. The fourth-order valence-electron chi connectivity index (χ4n) is 1.71. The lowest BCUT2D eigenvalue weighted by Gasteiger charge is -2.02. The van der Waals surface area contributed by atoms with E-state index in [-0.39, 0.29) is 23.6 Å². The predicted octanol–water partition coefficient (Wildman–Crippen LogP) is 1.54. The van der Waals surface area contributed by atoms with Gasteiger partial charge in [0.2, 0.25) is 0 Å². The second kappa shape index (κ2) is 6.29. The van der Waals surface area contributed by atoms with Crippen molar-refractivity contribution in [2.45, 2.75) is 13.5 Å². The maximum Gasteiger partial charge on any atom is 0.330 e. The largest absolute Gasteiger partial charge is 0.463 e. The molecule has 0 fully saturated rings. The zero-order valence-electron chi connectivity index (χ0n) is 10.9. The lowest BCUT2D eigenvalue weighted by molar-refractivity contribution is -0.137. The minimum absolute atomic E-state index is 0.0534. The smallest absolute Gasteiger partial charge is 0.330 e. The van der Waals surface area contributed by atoms with E-state index in [9.17, 15) is 14.4 Å². The molecule has 0 bridgehead atoms. The fraction of sp³-hybridized carbons (Fsp3) is 0.214. The van der Waals surface area contributed by atoms with Gasteiger partial charge in [-0.3, -0.25) is 14.2 Å². The van der Waals surface area contributed by atoms with E-state index in [4.69, 9.17) is 4.74 Å². The van der Waals surface area contributed by atoms with Gasteiger partial charge in [0.15, 0.2) is 0 Å². The Kier molecular flexibility index (Phi) is 4.47. The zero-order valence-corrected chi connectivity index (χ0v) is 11.7. The lowest BCUT2D eigenvalue weighted by Crippen LogP contribution is -2.30. The zero-order chi connectivity index (χ0) is 14.5. The van der Waals surface area contributed by atoms with E-state index < -0.39 is 5.97 Å². The number of rotatable bonds is 4. The maximum absolute atomic E-state index is 12.2. The molecule has 0 aliphatic carbocycles. The molecule has 104 valence electrons. The van der Waals surface area contributed by atoms with Crippen LogP contribution in [0.15, 0.2) is 46.0 Å². The summed E-state index contributed by atoms with van der Waals surface area (Å²) in [7, 11) is 0. The van der Waals surface area contributed by atoms with Crippen LogP contribution in [-0.4, -0.2) is 17.1 Å². The van der Waals surface area contributed by atoms with E-state index in [1.165, 1.54) is 12.2 Å². The minimum Gasteiger partial charge on any atom is -0.463 e. The molecular weight excluding hydrogens is 278 g/mol. The van der Waals surface area contributed by atoms with Crippen molar-refractivity contribution >= 4 is 27.4 Å². The van der Waals surface area contributed by atoms with E-state index >= 15 is 0 Å². The topological polar surface area (TPSA) is 65.4 Å². The molecule has 20 heavy (non-hydrogen) atoms. The van der Waals surface area contributed by atoms with E-state index in [0.29, 0.717) is 10.1 Å². The summed E-state index contributed by atoms with van der Waals surface area (Å²) in [6.07, 6.45) is 2.66. The van der Waals surface area contributed by atoms with Crippen LogP contribution in [0, 0.1) is 0 Å². The molecule has 0 unspecified atom stereocenters. The molecule has 0 atom stereocenters. The quantitative estimate of drug-likeness (QED) is 0.633. The van der Waals surface area contributed by atoms with Crippen LogP contribution >= 0.6 is 11.3 Å².